The highest BCUT2D eigenvalue weighted by molar-refractivity contribution is 6.32. The van der Waals surface area contributed by atoms with Crippen molar-refractivity contribution in [3.8, 4) is 28.2 Å². The predicted octanol–water partition coefficient (Wildman–Crippen LogP) is 4.84. The second-order valence-corrected chi connectivity index (χ2v) is 7.19. The maximum absolute atomic E-state index is 12.8. The fourth-order valence-corrected chi connectivity index (χ4v) is 2.87. The van der Waals surface area contributed by atoms with Crippen molar-refractivity contribution >= 4 is 42.3 Å². The van der Waals surface area contributed by atoms with E-state index in [0.29, 0.717) is 17.9 Å². The van der Waals surface area contributed by atoms with Gasteiger partial charge in [-0.25, -0.2) is 0 Å². The first-order valence-corrected chi connectivity index (χ1v) is 9.18. The number of rotatable bonds is 6. The third-order valence-electron chi connectivity index (χ3n) is 4.37. The molecule has 3 aromatic rings. The molecule has 3 rings (SSSR count). The normalized spacial score (nSPS) is 10.3. The van der Waals surface area contributed by atoms with Gasteiger partial charge in [0.25, 0.3) is 5.91 Å². The van der Waals surface area contributed by atoms with Crippen LogP contribution < -0.4 is 0 Å². The van der Waals surface area contributed by atoms with E-state index in [2.05, 4.69) is 4.98 Å². The number of phenolic OH excluding ortho intramolecular Hbond substituents is 1. The number of pyridine rings is 1. The molecule has 162 valence electrons. The van der Waals surface area contributed by atoms with Crippen molar-refractivity contribution in [1.82, 2.24) is 14.8 Å². The molecule has 0 aliphatic heterocycles. The molecule has 0 spiro atoms. The lowest BCUT2D eigenvalue weighted by Gasteiger charge is -2.18. The van der Waals surface area contributed by atoms with Gasteiger partial charge in [-0.1, -0.05) is 11.6 Å². The highest BCUT2D eigenvalue weighted by atomic mass is 35.5. The number of halogens is 3. The van der Waals surface area contributed by atoms with Crippen LogP contribution in [0, 0.1) is 0 Å². The minimum absolute atomic E-state index is 0. The molecule has 0 aliphatic rings. The molecule has 0 saturated carbocycles. The highest BCUT2D eigenvalue weighted by Gasteiger charge is 2.22. The Kier molecular flexibility index (Phi) is 9.65. The highest BCUT2D eigenvalue weighted by Crippen LogP contribution is 2.38. The summed E-state index contributed by atoms with van der Waals surface area (Å²) in [5, 5.41) is 10.2. The van der Waals surface area contributed by atoms with Crippen molar-refractivity contribution in [2.75, 3.05) is 34.2 Å². The molecular formula is C21H24Cl3N3O3. The van der Waals surface area contributed by atoms with E-state index in [1.54, 1.807) is 42.5 Å². The number of phenols is 1. The number of carbonyl (C=O) groups is 1. The van der Waals surface area contributed by atoms with Gasteiger partial charge in [0.1, 0.15) is 11.5 Å². The number of hydrogen-bond donors (Lipinski definition) is 1. The Balaban J connectivity index is 0.00000225. The minimum Gasteiger partial charge on any atom is -0.506 e. The predicted molar refractivity (Wildman–Crippen MR) is 124 cm³/mol. The van der Waals surface area contributed by atoms with Gasteiger partial charge in [-0.05, 0) is 56.1 Å². The number of nitrogens with zero attached hydrogens (tertiary/aromatic N) is 3. The molecule has 6 nitrogen and oxygen atoms in total. The zero-order valence-electron chi connectivity index (χ0n) is 16.8. The van der Waals surface area contributed by atoms with Crippen molar-refractivity contribution in [3.63, 3.8) is 0 Å². The van der Waals surface area contributed by atoms with Crippen LogP contribution in [0.2, 0.25) is 5.02 Å². The van der Waals surface area contributed by atoms with Crippen molar-refractivity contribution in [3.05, 3.63) is 59.6 Å². The van der Waals surface area contributed by atoms with E-state index in [4.69, 9.17) is 16.0 Å². The molecule has 2 heterocycles. The van der Waals surface area contributed by atoms with Crippen LogP contribution in [0.15, 0.2) is 53.2 Å². The van der Waals surface area contributed by atoms with Gasteiger partial charge in [-0.2, -0.15) is 0 Å². The third-order valence-corrected chi connectivity index (χ3v) is 4.69. The van der Waals surface area contributed by atoms with Crippen LogP contribution in [-0.4, -0.2) is 60.0 Å². The molecule has 1 amide bonds. The van der Waals surface area contributed by atoms with Gasteiger partial charge in [0.15, 0.2) is 5.76 Å². The number of benzene rings is 1. The fourth-order valence-electron chi connectivity index (χ4n) is 2.75. The largest absolute Gasteiger partial charge is 0.506 e. The molecule has 0 radical (unpaired) electrons. The molecule has 0 aliphatic carbocycles. The zero-order valence-corrected chi connectivity index (χ0v) is 19.2. The van der Waals surface area contributed by atoms with Gasteiger partial charge >= 0.3 is 0 Å². The summed E-state index contributed by atoms with van der Waals surface area (Å²) in [6.45, 7) is 1.33. The zero-order chi connectivity index (χ0) is 20.3. The van der Waals surface area contributed by atoms with Gasteiger partial charge in [-0.15, -0.1) is 24.8 Å². The molecule has 30 heavy (non-hydrogen) atoms. The molecule has 0 bridgehead atoms. The van der Waals surface area contributed by atoms with Crippen LogP contribution in [0.4, 0.5) is 0 Å². The Labute approximate surface area is 193 Å². The average molecular weight is 473 g/mol. The second-order valence-electron chi connectivity index (χ2n) is 6.79. The maximum atomic E-state index is 12.8. The maximum Gasteiger partial charge on any atom is 0.289 e. The van der Waals surface area contributed by atoms with Crippen LogP contribution in [0.1, 0.15) is 10.6 Å². The van der Waals surface area contributed by atoms with E-state index in [1.165, 1.54) is 6.07 Å². The first-order valence-electron chi connectivity index (χ1n) is 8.80. The van der Waals surface area contributed by atoms with Gasteiger partial charge in [0.2, 0.25) is 0 Å². The number of furan rings is 1. The Morgan fingerprint density at radius 1 is 1.03 bits per heavy atom. The van der Waals surface area contributed by atoms with Gasteiger partial charge in [-0.3, -0.25) is 9.78 Å². The third kappa shape index (κ3) is 5.89. The van der Waals surface area contributed by atoms with Crippen molar-refractivity contribution in [2.24, 2.45) is 0 Å². The molecule has 1 N–H and O–H groups in total. The summed E-state index contributed by atoms with van der Waals surface area (Å²) in [6, 6.07) is 10.3. The number of likely N-dealkylation sites (N-methyl/N-ethyl adjacent to an activating group) is 2. The quantitative estimate of drug-likeness (QED) is 0.555. The summed E-state index contributed by atoms with van der Waals surface area (Å²) in [6.07, 6.45) is 3.35. The van der Waals surface area contributed by atoms with Crippen LogP contribution in [0.3, 0.4) is 0 Å². The summed E-state index contributed by atoms with van der Waals surface area (Å²) >= 11 is 5.93. The minimum atomic E-state index is -0.207. The summed E-state index contributed by atoms with van der Waals surface area (Å²) in [7, 11) is 5.66. The van der Waals surface area contributed by atoms with Crippen LogP contribution in [-0.2, 0) is 0 Å². The summed E-state index contributed by atoms with van der Waals surface area (Å²) in [5.41, 5.74) is 2.23. The molecular weight excluding hydrogens is 449 g/mol. The Morgan fingerprint density at radius 2 is 1.70 bits per heavy atom. The first kappa shape index (κ1) is 25.8. The molecule has 1 aromatic carbocycles. The number of aromatic nitrogens is 1. The van der Waals surface area contributed by atoms with Gasteiger partial charge in [0, 0.05) is 43.7 Å². The Hall–Kier alpha value is -2.25. The number of aromatic hydroxyl groups is 1. The molecule has 0 unspecified atom stereocenters. The van der Waals surface area contributed by atoms with Crippen LogP contribution >= 0.6 is 36.4 Å². The molecule has 0 atom stereocenters. The van der Waals surface area contributed by atoms with E-state index in [1.807, 2.05) is 31.1 Å². The lowest BCUT2D eigenvalue weighted by Crippen LogP contribution is -2.33. The number of hydrogen-bond acceptors (Lipinski definition) is 5. The second kappa shape index (κ2) is 11.2. The smallest absolute Gasteiger partial charge is 0.289 e. The lowest BCUT2D eigenvalue weighted by atomic mass is 10.0. The summed E-state index contributed by atoms with van der Waals surface area (Å²) in [5.74, 6) is 0.467. The van der Waals surface area contributed by atoms with Gasteiger partial charge in [0.05, 0.1) is 5.02 Å². The monoisotopic (exact) mass is 471 g/mol. The first-order chi connectivity index (χ1) is 13.4. The topological polar surface area (TPSA) is 69.8 Å². The molecule has 0 saturated heterocycles. The molecule has 0 fully saturated rings. The van der Waals surface area contributed by atoms with Crippen molar-refractivity contribution in [1.29, 1.82) is 0 Å². The van der Waals surface area contributed by atoms with E-state index in [9.17, 15) is 9.90 Å². The van der Waals surface area contributed by atoms with E-state index >= 15 is 0 Å². The van der Waals surface area contributed by atoms with Crippen molar-refractivity contribution < 1.29 is 14.3 Å². The summed E-state index contributed by atoms with van der Waals surface area (Å²) in [4.78, 5) is 20.5. The van der Waals surface area contributed by atoms with E-state index < -0.39 is 0 Å². The number of carbonyl (C=O) groups excluding carboxylic acids is 1. The molecule has 2 aromatic heterocycles. The van der Waals surface area contributed by atoms with Crippen LogP contribution in [0.25, 0.3) is 22.5 Å². The van der Waals surface area contributed by atoms with Crippen molar-refractivity contribution in [2.45, 2.75) is 0 Å². The molecule has 9 heteroatoms. The van der Waals surface area contributed by atoms with E-state index in [0.717, 1.165) is 17.7 Å². The fraction of sp³-hybridized carbons (Fsp3) is 0.238. The van der Waals surface area contributed by atoms with Gasteiger partial charge < -0.3 is 19.3 Å². The van der Waals surface area contributed by atoms with E-state index in [-0.39, 0.29) is 47.3 Å². The Bertz CT molecular complexity index is 978. The standard InChI is InChI=1S/C21H22ClN3O3.2ClH/c1-24(2)10-11-25(3)21(27)19-13-16(14-6-8-23-9-7-14)20(28-19)15-4-5-17(22)18(26)12-15;;/h4-9,12-13,26H,10-11H2,1-3H3;2*1H. The average Bonchev–Trinajstić information content (AvgIpc) is 3.13. The SMILES string of the molecule is CN(C)CCN(C)C(=O)c1cc(-c2ccncc2)c(-c2ccc(Cl)c(O)c2)o1.Cl.Cl. The number of amides is 1. The van der Waals surface area contributed by atoms with Crippen LogP contribution in [0.5, 0.6) is 5.75 Å². The summed E-state index contributed by atoms with van der Waals surface area (Å²) < 4.78 is 5.96. The lowest BCUT2D eigenvalue weighted by molar-refractivity contribution is 0.0756. The Morgan fingerprint density at radius 3 is 2.30 bits per heavy atom.